The number of esters is 1. The number of hydrogen-bond donors (Lipinski definition) is 2. The van der Waals surface area contributed by atoms with Gasteiger partial charge in [-0.15, -0.1) is 0 Å². The first-order chi connectivity index (χ1) is 12.6. The number of rotatable bonds is 3. The smallest absolute Gasteiger partial charge is 0.345 e. The molecule has 3 N–H and O–H groups in total. The Labute approximate surface area is 152 Å². The topological polar surface area (TPSA) is 110 Å². The van der Waals surface area contributed by atoms with Crippen LogP contribution in [0.25, 0.3) is 0 Å². The number of ether oxygens (including phenoxy) is 1. The molecule has 0 saturated heterocycles. The van der Waals surface area contributed by atoms with Gasteiger partial charge >= 0.3 is 12.0 Å². The normalized spacial score (nSPS) is 15.2. The van der Waals surface area contributed by atoms with Crippen LogP contribution in [0, 0.1) is 0 Å². The van der Waals surface area contributed by atoms with E-state index in [1.807, 2.05) is 16.8 Å². The van der Waals surface area contributed by atoms with Gasteiger partial charge in [0.2, 0.25) is 0 Å². The van der Waals surface area contributed by atoms with E-state index >= 15 is 0 Å². The van der Waals surface area contributed by atoms with Crippen molar-refractivity contribution in [2.45, 2.75) is 6.17 Å². The number of nitrogens with two attached hydrogens (primary N) is 1. The van der Waals surface area contributed by atoms with Gasteiger partial charge in [-0.2, -0.15) is 11.3 Å². The van der Waals surface area contributed by atoms with Crippen LogP contribution in [-0.2, 0) is 0 Å². The van der Waals surface area contributed by atoms with Gasteiger partial charge in [-0.05, 0) is 35.0 Å². The lowest BCUT2D eigenvalue weighted by Gasteiger charge is -2.23. The predicted octanol–water partition coefficient (Wildman–Crippen LogP) is 2.77. The van der Waals surface area contributed by atoms with E-state index in [2.05, 4.69) is 15.3 Å². The Morgan fingerprint density at radius 2 is 2.15 bits per heavy atom. The number of anilines is 2. The molecule has 1 aliphatic heterocycles. The molecular weight excluding hydrogens is 354 g/mol. The highest BCUT2D eigenvalue weighted by molar-refractivity contribution is 7.08. The first kappa shape index (κ1) is 16.0. The standard InChI is InChI=1S/C17H13N5O3S/c18-17(24)22-13-12(16(23)25-11-2-1-5-19-8-11)3-6-20-14(13)21-15(22)10-4-7-26-9-10/h1-9,15H,(H2,18,24)(H,20,21). The highest BCUT2D eigenvalue weighted by Crippen LogP contribution is 2.42. The van der Waals surface area contributed by atoms with E-state index in [1.165, 1.54) is 34.7 Å². The zero-order chi connectivity index (χ0) is 18.1. The van der Waals surface area contributed by atoms with Gasteiger partial charge in [0.05, 0.1) is 11.8 Å². The van der Waals surface area contributed by atoms with Crippen LogP contribution in [-0.4, -0.2) is 22.0 Å². The van der Waals surface area contributed by atoms with E-state index in [1.54, 1.807) is 18.3 Å². The molecule has 0 aromatic carbocycles. The number of thiophene rings is 1. The molecule has 1 atom stereocenters. The van der Waals surface area contributed by atoms with Crippen LogP contribution < -0.4 is 20.7 Å². The molecule has 0 saturated carbocycles. The van der Waals surface area contributed by atoms with Crippen molar-refractivity contribution in [1.29, 1.82) is 0 Å². The van der Waals surface area contributed by atoms with Crippen molar-refractivity contribution in [3.05, 3.63) is 64.7 Å². The van der Waals surface area contributed by atoms with Crippen molar-refractivity contribution >= 4 is 34.8 Å². The van der Waals surface area contributed by atoms with E-state index in [0.29, 0.717) is 17.3 Å². The molecule has 4 rings (SSSR count). The van der Waals surface area contributed by atoms with Crippen LogP contribution in [0.5, 0.6) is 5.75 Å². The van der Waals surface area contributed by atoms with E-state index in [0.717, 1.165) is 5.56 Å². The van der Waals surface area contributed by atoms with Crippen molar-refractivity contribution in [3.63, 3.8) is 0 Å². The number of aromatic nitrogens is 2. The number of hydrogen-bond acceptors (Lipinski definition) is 7. The molecule has 4 heterocycles. The molecule has 0 aliphatic carbocycles. The van der Waals surface area contributed by atoms with Gasteiger partial charge in [0, 0.05) is 18.0 Å². The van der Waals surface area contributed by atoms with E-state index < -0.39 is 18.2 Å². The first-order valence-electron chi connectivity index (χ1n) is 7.63. The average Bonchev–Trinajstić information content (AvgIpc) is 3.29. The lowest BCUT2D eigenvalue weighted by molar-refractivity contribution is 0.0735. The number of carbonyl (C=O) groups is 2. The minimum atomic E-state index is -0.698. The van der Waals surface area contributed by atoms with E-state index in [9.17, 15) is 9.59 Å². The predicted molar refractivity (Wildman–Crippen MR) is 96.2 cm³/mol. The van der Waals surface area contributed by atoms with Gasteiger partial charge in [-0.1, -0.05) is 0 Å². The maximum absolute atomic E-state index is 12.7. The Morgan fingerprint density at radius 1 is 1.27 bits per heavy atom. The molecule has 0 spiro atoms. The summed E-state index contributed by atoms with van der Waals surface area (Å²) < 4.78 is 5.35. The summed E-state index contributed by atoms with van der Waals surface area (Å²) in [4.78, 5) is 34.2. The number of nitrogens with zero attached hydrogens (tertiary/aromatic N) is 3. The SMILES string of the molecule is NC(=O)N1c2c(C(=O)Oc3cccnc3)ccnc2NC1c1ccsc1. The fourth-order valence-electron chi connectivity index (χ4n) is 2.76. The number of urea groups is 1. The molecule has 130 valence electrons. The molecule has 9 heteroatoms. The quantitative estimate of drug-likeness (QED) is 0.689. The summed E-state index contributed by atoms with van der Waals surface area (Å²) in [6, 6.07) is 5.94. The van der Waals surface area contributed by atoms with Crippen molar-refractivity contribution in [2.24, 2.45) is 5.73 Å². The van der Waals surface area contributed by atoms with E-state index in [4.69, 9.17) is 10.5 Å². The fourth-order valence-corrected chi connectivity index (χ4v) is 3.44. The third-order valence-corrected chi connectivity index (χ3v) is 4.56. The Morgan fingerprint density at radius 3 is 2.85 bits per heavy atom. The summed E-state index contributed by atoms with van der Waals surface area (Å²) in [5.41, 5.74) is 6.92. The zero-order valence-corrected chi connectivity index (χ0v) is 14.1. The minimum absolute atomic E-state index is 0.183. The first-order valence-corrected chi connectivity index (χ1v) is 8.58. The maximum Gasteiger partial charge on any atom is 0.345 e. The molecule has 3 aromatic rings. The second-order valence-corrected chi connectivity index (χ2v) is 6.23. The summed E-state index contributed by atoms with van der Waals surface area (Å²) in [6.07, 6.45) is 3.94. The van der Waals surface area contributed by atoms with Crippen LogP contribution in [0.15, 0.2) is 53.6 Å². The molecule has 0 radical (unpaired) electrons. The van der Waals surface area contributed by atoms with Crippen LogP contribution in [0.2, 0.25) is 0 Å². The third-order valence-electron chi connectivity index (χ3n) is 3.86. The Hall–Kier alpha value is -3.46. The van der Waals surface area contributed by atoms with Crippen molar-refractivity contribution in [2.75, 3.05) is 10.2 Å². The Bertz CT molecular complexity index is 962. The average molecular weight is 367 g/mol. The monoisotopic (exact) mass is 367 g/mol. The van der Waals surface area contributed by atoms with Gasteiger partial charge in [-0.25, -0.2) is 14.6 Å². The van der Waals surface area contributed by atoms with Gasteiger partial charge in [-0.3, -0.25) is 9.88 Å². The van der Waals surface area contributed by atoms with Crippen LogP contribution in [0.4, 0.5) is 16.3 Å². The largest absolute Gasteiger partial charge is 0.421 e. The van der Waals surface area contributed by atoms with Crippen LogP contribution in [0.3, 0.4) is 0 Å². The van der Waals surface area contributed by atoms with Crippen molar-refractivity contribution in [3.8, 4) is 5.75 Å². The number of pyridine rings is 2. The molecule has 2 amide bonds. The van der Waals surface area contributed by atoms with Gasteiger partial charge in [0.15, 0.2) is 5.82 Å². The number of amides is 2. The zero-order valence-electron chi connectivity index (χ0n) is 13.3. The summed E-state index contributed by atoms with van der Waals surface area (Å²) in [5.74, 6) is 0.0605. The molecule has 3 aromatic heterocycles. The molecule has 1 unspecified atom stereocenters. The Kier molecular flexibility index (Phi) is 3.98. The maximum atomic E-state index is 12.7. The summed E-state index contributed by atoms with van der Waals surface area (Å²) in [6.45, 7) is 0. The highest BCUT2D eigenvalue weighted by Gasteiger charge is 2.38. The number of primary amides is 1. The molecule has 8 nitrogen and oxygen atoms in total. The molecule has 26 heavy (non-hydrogen) atoms. The van der Waals surface area contributed by atoms with E-state index in [-0.39, 0.29) is 5.56 Å². The molecular formula is C17H13N5O3S. The highest BCUT2D eigenvalue weighted by atomic mass is 32.1. The van der Waals surface area contributed by atoms with Crippen LogP contribution in [0.1, 0.15) is 22.1 Å². The van der Waals surface area contributed by atoms with Crippen LogP contribution >= 0.6 is 11.3 Å². The van der Waals surface area contributed by atoms with Gasteiger partial charge in [0.1, 0.15) is 17.6 Å². The molecule has 0 fully saturated rings. The number of carbonyl (C=O) groups excluding carboxylic acids is 2. The van der Waals surface area contributed by atoms with Gasteiger partial charge < -0.3 is 15.8 Å². The second-order valence-electron chi connectivity index (χ2n) is 5.45. The summed E-state index contributed by atoms with van der Waals surface area (Å²) in [5, 5.41) is 6.92. The number of fused-ring (bicyclic) bond motifs is 1. The summed E-state index contributed by atoms with van der Waals surface area (Å²) in [7, 11) is 0. The summed E-state index contributed by atoms with van der Waals surface area (Å²) >= 11 is 1.49. The van der Waals surface area contributed by atoms with Crippen molar-refractivity contribution < 1.29 is 14.3 Å². The number of nitrogens with one attached hydrogen (secondary N) is 1. The molecule has 0 bridgehead atoms. The third kappa shape index (κ3) is 2.74. The van der Waals surface area contributed by atoms with Gasteiger partial charge in [0.25, 0.3) is 0 Å². The Balaban J connectivity index is 1.73. The molecule has 1 aliphatic rings. The fraction of sp³-hybridized carbons (Fsp3) is 0.0588. The lowest BCUT2D eigenvalue weighted by Crippen LogP contribution is -2.38. The lowest BCUT2D eigenvalue weighted by atomic mass is 10.2. The minimum Gasteiger partial charge on any atom is -0.421 e. The van der Waals surface area contributed by atoms with Crippen molar-refractivity contribution in [1.82, 2.24) is 9.97 Å². The second kappa shape index (κ2) is 6.45.